The van der Waals surface area contributed by atoms with Gasteiger partial charge < -0.3 is 15.4 Å². The summed E-state index contributed by atoms with van der Waals surface area (Å²) in [4.78, 5) is 25.4. The Morgan fingerprint density at radius 2 is 1.78 bits per heavy atom. The monoisotopic (exact) mass is 465 g/mol. The first-order chi connectivity index (χ1) is 15.0. The number of hydrogen-bond donors (Lipinski definition) is 2. The van der Waals surface area contributed by atoms with E-state index in [9.17, 15) is 18.0 Å². The van der Waals surface area contributed by atoms with Gasteiger partial charge in [0.05, 0.1) is 17.0 Å². The quantitative estimate of drug-likeness (QED) is 0.647. The van der Waals surface area contributed by atoms with Crippen LogP contribution in [-0.4, -0.2) is 50.4 Å². The highest BCUT2D eigenvalue weighted by molar-refractivity contribution is 7.93. The van der Waals surface area contributed by atoms with Crippen LogP contribution in [0.5, 0.6) is 0 Å². The van der Waals surface area contributed by atoms with E-state index in [4.69, 9.17) is 4.74 Å². The molecule has 1 heterocycles. The van der Waals surface area contributed by atoms with Crippen molar-refractivity contribution in [2.45, 2.75) is 76.9 Å². The van der Waals surface area contributed by atoms with Gasteiger partial charge in [0.2, 0.25) is 10.0 Å². The molecule has 0 spiro atoms. The molecule has 32 heavy (non-hydrogen) atoms. The third-order valence-electron chi connectivity index (χ3n) is 5.91. The molecule has 3 rings (SSSR count). The van der Waals surface area contributed by atoms with E-state index in [-0.39, 0.29) is 18.2 Å². The Balaban J connectivity index is 1.71. The molecule has 2 fully saturated rings. The van der Waals surface area contributed by atoms with Crippen molar-refractivity contribution in [1.82, 2.24) is 10.6 Å². The number of nitrogens with one attached hydrogen (secondary N) is 2. The minimum atomic E-state index is -3.31. The van der Waals surface area contributed by atoms with Gasteiger partial charge in [-0.25, -0.2) is 13.2 Å². The maximum atomic E-state index is 12.9. The zero-order valence-electron chi connectivity index (χ0n) is 19.3. The fraction of sp³-hybridized carbons (Fsp3) is 0.652. The van der Waals surface area contributed by atoms with Gasteiger partial charge in [-0.3, -0.25) is 9.10 Å². The molecular formula is C23H35N3O5S. The van der Waals surface area contributed by atoms with Crippen LogP contribution in [0.3, 0.4) is 0 Å². The minimum absolute atomic E-state index is 0.127. The van der Waals surface area contributed by atoms with Crippen molar-refractivity contribution in [1.29, 1.82) is 0 Å². The zero-order chi connectivity index (χ0) is 23.4. The average Bonchev–Trinajstić information content (AvgIpc) is 2.91. The highest BCUT2D eigenvalue weighted by atomic mass is 32.2. The summed E-state index contributed by atoms with van der Waals surface area (Å²) in [6, 6.07) is 6.68. The lowest BCUT2D eigenvalue weighted by molar-refractivity contribution is 0.0437. The van der Waals surface area contributed by atoms with Crippen LogP contribution in [-0.2, 0) is 14.8 Å². The van der Waals surface area contributed by atoms with Crippen molar-refractivity contribution in [2.24, 2.45) is 0 Å². The Morgan fingerprint density at radius 1 is 1.09 bits per heavy atom. The average molecular weight is 466 g/mol. The van der Waals surface area contributed by atoms with Gasteiger partial charge in [0.15, 0.2) is 0 Å². The summed E-state index contributed by atoms with van der Waals surface area (Å²) < 4.78 is 31.3. The number of hydrogen-bond acceptors (Lipinski definition) is 5. The molecule has 1 aliphatic carbocycles. The SMILES string of the molecule is CC(C)(C)OC(=O)NC1(CNC(=O)c2cccc(N3CCCS3(=O)=O)c2)CCCCCC1. The van der Waals surface area contributed by atoms with Crippen LogP contribution in [0, 0.1) is 0 Å². The second-order valence-electron chi connectivity index (χ2n) is 9.80. The molecule has 1 saturated carbocycles. The summed E-state index contributed by atoms with van der Waals surface area (Å²) in [5.74, 6) is -0.166. The molecule has 0 bridgehead atoms. The molecule has 9 heteroatoms. The number of anilines is 1. The Bertz CT molecular complexity index is 931. The van der Waals surface area contributed by atoms with Gasteiger partial charge in [-0.2, -0.15) is 0 Å². The van der Waals surface area contributed by atoms with E-state index < -0.39 is 27.3 Å². The van der Waals surface area contributed by atoms with E-state index >= 15 is 0 Å². The van der Waals surface area contributed by atoms with Crippen LogP contribution in [0.25, 0.3) is 0 Å². The number of benzene rings is 1. The van der Waals surface area contributed by atoms with Crippen molar-refractivity contribution in [3.05, 3.63) is 29.8 Å². The standard InChI is InChI=1S/C23H35N3O5S/c1-22(2,3)31-21(28)25-23(12-6-4-5-7-13-23)17-24-20(27)18-10-8-11-19(16-18)26-14-9-15-32(26,29)30/h8,10-11,16H,4-7,9,12-15,17H2,1-3H3,(H,24,27)(H,25,28). The molecule has 2 amide bonds. The van der Waals surface area contributed by atoms with Crippen LogP contribution >= 0.6 is 0 Å². The van der Waals surface area contributed by atoms with E-state index in [1.807, 2.05) is 20.8 Å². The van der Waals surface area contributed by atoms with Crippen LogP contribution < -0.4 is 14.9 Å². The first-order valence-corrected chi connectivity index (χ1v) is 13.0. The first-order valence-electron chi connectivity index (χ1n) is 11.4. The van der Waals surface area contributed by atoms with Gasteiger partial charge in [-0.1, -0.05) is 31.7 Å². The Labute approximate surface area is 191 Å². The number of alkyl carbamates (subject to hydrolysis) is 1. The van der Waals surface area contributed by atoms with Crippen molar-refractivity contribution in [2.75, 3.05) is 23.1 Å². The number of ether oxygens (including phenoxy) is 1. The topological polar surface area (TPSA) is 105 Å². The van der Waals surface area contributed by atoms with Gasteiger partial charge in [0.25, 0.3) is 5.91 Å². The normalized spacial score (nSPS) is 20.3. The van der Waals surface area contributed by atoms with Crippen LogP contribution in [0.1, 0.15) is 76.1 Å². The summed E-state index contributed by atoms with van der Waals surface area (Å²) in [7, 11) is -3.31. The van der Waals surface area contributed by atoms with E-state index in [1.54, 1.807) is 24.3 Å². The van der Waals surface area contributed by atoms with Crippen LogP contribution in [0.4, 0.5) is 10.5 Å². The van der Waals surface area contributed by atoms with Crippen molar-refractivity contribution in [3.63, 3.8) is 0 Å². The van der Waals surface area contributed by atoms with Gasteiger partial charge in [-0.05, 0) is 58.2 Å². The van der Waals surface area contributed by atoms with Gasteiger partial charge >= 0.3 is 6.09 Å². The number of amides is 2. The molecule has 0 atom stereocenters. The second kappa shape index (κ2) is 9.68. The van der Waals surface area contributed by atoms with E-state index in [2.05, 4.69) is 10.6 Å². The van der Waals surface area contributed by atoms with E-state index in [0.29, 0.717) is 24.2 Å². The highest BCUT2D eigenvalue weighted by Crippen LogP contribution is 2.28. The summed E-state index contributed by atoms with van der Waals surface area (Å²) in [5, 5.41) is 6.01. The third-order valence-corrected chi connectivity index (χ3v) is 7.78. The second-order valence-corrected chi connectivity index (χ2v) is 11.8. The zero-order valence-corrected chi connectivity index (χ0v) is 20.1. The van der Waals surface area contributed by atoms with Gasteiger partial charge in [0.1, 0.15) is 5.60 Å². The predicted octanol–water partition coefficient (Wildman–Crippen LogP) is 3.57. The van der Waals surface area contributed by atoms with E-state index in [0.717, 1.165) is 38.5 Å². The van der Waals surface area contributed by atoms with Crippen LogP contribution in [0.2, 0.25) is 0 Å². The van der Waals surface area contributed by atoms with Gasteiger partial charge in [-0.15, -0.1) is 0 Å². The largest absolute Gasteiger partial charge is 0.444 e. The Kier molecular flexibility index (Phi) is 7.37. The predicted molar refractivity (Wildman–Crippen MR) is 124 cm³/mol. The molecule has 0 aromatic heterocycles. The van der Waals surface area contributed by atoms with Crippen molar-refractivity contribution in [3.8, 4) is 0 Å². The Morgan fingerprint density at radius 3 is 2.38 bits per heavy atom. The van der Waals surface area contributed by atoms with Gasteiger partial charge in [0, 0.05) is 18.7 Å². The number of carbonyl (C=O) groups is 2. The fourth-order valence-electron chi connectivity index (χ4n) is 4.35. The molecule has 2 N–H and O–H groups in total. The molecule has 2 aliphatic rings. The lowest BCUT2D eigenvalue weighted by Crippen LogP contribution is -2.56. The lowest BCUT2D eigenvalue weighted by atomic mass is 9.90. The molecule has 178 valence electrons. The molecule has 1 aliphatic heterocycles. The molecule has 0 radical (unpaired) electrons. The third kappa shape index (κ3) is 6.37. The molecule has 0 unspecified atom stereocenters. The van der Waals surface area contributed by atoms with Crippen molar-refractivity contribution < 1.29 is 22.7 Å². The number of sulfonamides is 1. The van der Waals surface area contributed by atoms with E-state index in [1.165, 1.54) is 4.31 Å². The number of rotatable bonds is 5. The smallest absolute Gasteiger partial charge is 0.408 e. The summed E-state index contributed by atoms with van der Waals surface area (Å²) in [5.41, 5.74) is -0.267. The number of carbonyl (C=O) groups excluding carboxylic acids is 2. The van der Waals surface area contributed by atoms with Crippen molar-refractivity contribution >= 4 is 27.7 Å². The maximum absolute atomic E-state index is 12.9. The number of nitrogens with zero attached hydrogens (tertiary/aromatic N) is 1. The fourth-order valence-corrected chi connectivity index (χ4v) is 5.91. The summed E-state index contributed by atoms with van der Waals surface area (Å²) >= 11 is 0. The lowest BCUT2D eigenvalue weighted by Gasteiger charge is -2.35. The van der Waals surface area contributed by atoms with Crippen LogP contribution in [0.15, 0.2) is 24.3 Å². The summed E-state index contributed by atoms with van der Waals surface area (Å²) in [6.45, 7) is 6.18. The highest BCUT2D eigenvalue weighted by Gasteiger charge is 2.35. The maximum Gasteiger partial charge on any atom is 0.408 e. The summed E-state index contributed by atoms with van der Waals surface area (Å²) in [6.07, 6.45) is 5.75. The molecule has 8 nitrogen and oxygen atoms in total. The Hall–Kier alpha value is -2.29. The first kappa shape index (κ1) is 24.4. The molecule has 1 aromatic carbocycles. The molecule has 1 aromatic rings. The molecular weight excluding hydrogens is 430 g/mol. The minimum Gasteiger partial charge on any atom is -0.444 e. The molecule has 1 saturated heterocycles.